The second-order valence-electron chi connectivity index (χ2n) is 3.52. The number of nitrogens with zero attached hydrogens (tertiary/aromatic N) is 1. The van der Waals surface area contributed by atoms with Gasteiger partial charge in [0, 0.05) is 11.6 Å². The Bertz CT molecular complexity index is 589. The van der Waals surface area contributed by atoms with Gasteiger partial charge in [-0.3, -0.25) is 0 Å². The molecule has 0 aliphatic rings. The highest BCUT2D eigenvalue weighted by Crippen LogP contribution is 2.30. The van der Waals surface area contributed by atoms with Crippen molar-refractivity contribution < 1.29 is 22.7 Å². The maximum atomic E-state index is 12.6. The van der Waals surface area contributed by atoms with Gasteiger partial charge in [0.05, 0.1) is 12.1 Å². The van der Waals surface area contributed by atoms with E-state index < -0.39 is 17.8 Å². The molecule has 96 valence electrons. The predicted molar refractivity (Wildman–Crippen MR) is 57.1 cm³/mol. The van der Waals surface area contributed by atoms with Crippen LogP contribution in [0.2, 0.25) is 0 Å². The Kier molecular flexibility index (Phi) is 2.98. The lowest BCUT2D eigenvalue weighted by molar-refractivity contribution is -0.141. The number of carbonyl (C=O) groups excluding carboxylic acids is 1. The molecular formula is C11H9F3N2O2. The number of alkyl halides is 3. The molecule has 0 saturated heterocycles. The average Bonchev–Trinajstić information content (AvgIpc) is 2.74. The van der Waals surface area contributed by atoms with Crippen molar-refractivity contribution in [2.75, 3.05) is 6.61 Å². The number of esters is 1. The minimum Gasteiger partial charge on any atom is -0.461 e. The number of aromatic amines is 1. The summed E-state index contributed by atoms with van der Waals surface area (Å²) in [5, 5.41) is 0.264. The molecule has 4 nitrogen and oxygen atoms in total. The van der Waals surface area contributed by atoms with Crippen LogP contribution in [-0.4, -0.2) is 22.5 Å². The van der Waals surface area contributed by atoms with E-state index in [4.69, 9.17) is 0 Å². The maximum absolute atomic E-state index is 12.6. The van der Waals surface area contributed by atoms with Crippen molar-refractivity contribution in [2.45, 2.75) is 13.1 Å². The third-order valence-corrected chi connectivity index (χ3v) is 2.30. The number of nitrogens with one attached hydrogen (secondary N) is 1. The fourth-order valence-electron chi connectivity index (χ4n) is 1.56. The van der Waals surface area contributed by atoms with Crippen LogP contribution in [0.5, 0.6) is 0 Å². The molecule has 0 fully saturated rings. The molecule has 2 heterocycles. The normalized spacial score (nSPS) is 11.8. The van der Waals surface area contributed by atoms with E-state index in [0.717, 1.165) is 6.07 Å². The quantitative estimate of drug-likeness (QED) is 0.842. The van der Waals surface area contributed by atoms with Gasteiger partial charge < -0.3 is 9.72 Å². The smallest absolute Gasteiger partial charge is 0.433 e. The highest BCUT2D eigenvalue weighted by Gasteiger charge is 2.34. The van der Waals surface area contributed by atoms with Crippen LogP contribution in [0.1, 0.15) is 23.1 Å². The largest absolute Gasteiger partial charge is 0.461 e. The van der Waals surface area contributed by atoms with Crippen LogP contribution in [0.4, 0.5) is 13.2 Å². The molecule has 2 aromatic rings. The van der Waals surface area contributed by atoms with Crippen molar-refractivity contribution >= 4 is 16.9 Å². The molecule has 0 atom stereocenters. The van der Waals surface area contributed by atoms with Crippen LogP contribution in [0, 0.1) is 0 Å². The van der Waals surface area contributed by atoms with Crippen LogP contribution in [0.15, 0.2) is 18.3 Å². The van der Waals surface area contributed by atoms with Gasteiger partial charge in [-0.2, -0.15) is 13.2 Å². The summed E-state index contributed by atoms with van der Waals surface area (Å²) in [6.45, 7) is 1.64. The molecule has 0 aliphatic heterocycles. The van der Waals surface area contributed by atoms with Crippen molar-refractivity contribution in [3.63, 3.8) is 0 Å². The van der Waals surface area contributed by atoms with E-state index in [9.17, 15) is 18.0 Å². The van der Waals surface area contributed by atoms with Crippen LogP contribution >= 0.6 is 0 Å². The van der Waals surface area contributed by atoms with Gasteiger partial charge in [0.15, 0.2) is 5.69 Å². The van der Waals surface area contributed by atoms with Gasteiger partial charge in [0.2, 0.25) is 0 Å². The van der Waals surface area contributed by atoms with Crippen LogP contribution in [0.3, 0.4) is 0 Å². The number of halogens is 3. The number of hydrogen-bond donors (Lipinski definition) is 1. The number of rotatable bonds is 2. The summed E-state index contributed by atoms with van der Waals surface area (Å²) in [5.74, 6) is -0.879. The number of pyridine rings is 1. The van der Waals surface area contributed by atoms with E-state index in [1.54, 1.807) is 6.92 Å². The lowest BCUT2D eigenvalue weighted by atomic mass is 10.2. The number of ether oxygens (including phenoxy) is 1. The molecule has 0 bridgehead atoms. The van der Waals surface area contributed by atoms with Crippen molar-refractivity contribution in [2.24, 2.45) is 0 Å². The first-order valence-electron chi connectivity index (χ1n) is 5.16. The van der Waals surface area contributed by atoms with E-state index in [0.29, 0.717) is 0 Å². The van der Waals surface area contributed by atoms with Gasteiger partial charge in [0.25, 0.3) is 0 Å². The first kappa shape index (κ1) is 12.4. The van der Waals surface area contributed by atoms with E-state index in [-0.39, 0.29) is 23.2 Å². The fraction of sp³-hybridized carbons (Fsp3) is 0.273. The second-order valence-corrected chi connectivity index (χ2v) is 3.52. The summed E-state index contributed by atoms with van der Waals surface area (Å²) in [6.07, 6.45) is -3.16. The molecule has 2 aromatic heterocycles. The van der Waals surface area contributed by atoms with Gasteiger partial charge in [-0.05, 0) is 19.1 Å². The molecule has 1 N–H and O–H groups in total. The highest BCUT2D eigenvalue weighted by atomic mass is 19.4. The summed E-state index contributed by atoms with van der Waals surface area (Å²) in [4.78, 5) is 17.6. The monoisotopic (exact) mass is 258 g/mol. The van der Waals surface area contributed by atoms with E-state index in [2.05, 4.69) is 14.7 Å². The Balaban J connectivity index is 2.62. The van der Waals surface area contributed by atoms with Crippen LogP contribution in [0.25, 0.3) is 10.9 Å². The lowest BCUT2D eigenvalue weighted by Gasteiger charge is -2.08. The molecule has 0 unspecified atom stereocenters. The molecule has 0 spiro atoms. The van der Waals surface area contributed by atoms with Gasteiger partial charge in [-0.1, -0.05) is 0 Å². The highest BCUT2D eigenvalue weighted by molar-refractivity contribution is 6.01. The SMILES string of the molecule is CCOC(=O)c1nc(C(F)(F)F)cc2cc[nH]c12. The van der Waals surface area contributed by atoms with E-state index >= 15 is 0 Å². The second kappa shape index (κ2) is 4.32. The summed E-state index contributed by atoms with van der Waals surface area (Å²) in [5.41, 5.74) is -1.23. The molecular weight excluding hydrogens is 249 g/mol. The molecule has 0 amide bonds. The standard InChI is InChI=1S/C11H9F3N2O2/c1-2-18-10(17)9-8-6(3-4-15-8)5-7(16-9)11(12,13)14/h3-5,15H,2H2,1H3. The Morgan fingerprint density at radius 2 is 2.22 bits per heavy atom. The molecule has 0 aromatic carbocycles. The zero-order valence-electron chi connectivity index (χ0n) is 9.34. The van der Waals surface area contributed by atoms with Crippen molar-refractivity contribution in [3.8, 4) is 0 Å². The molecule has 0 aliphatic carbocycles. The topological polar surface area (TPSA) is 55.0 Å². The first-order valence-corrected chi connectivity index (χ1v) is 5.16. The van der Waals surface area contributed by atoms with Gasteiger partial charge in [0.1, 0.15) is 5.69 Å². The zero-order valence-corrected chi connectivity index (χ0v) is 9.34. The Morgan fingerprint density at radius 1 is 1.50 bits per heavy atom. The van der Waals surface area contributed by atoms with Crippen LogP contribution in [-0.2, 0) is 10.9 Å². The molecule has 0 radical (unpaired) electrons. The number of hydrogen-bond acceptors (Lipinski definition) is 3. The predicted octanol–water partition coefficient (Wildman–Crippen LogP) is 2.76. The summed E-state index contributed by atoms with van der Waals surface area (Å²) < 4.78 is 42.6. The molecule has 18 heavy (non-hydrogen) atoms. The molecule has 0 saturated carbocycles. The minimum absolute atomic E-state index is 0.0684. The third-order valence-electron chi connectivity index (χ3n) is 2.30. The third kappa shape index (κ3) is 2.15. The first-order chi connectivity index (χ1) is 8.43. The van der Waals surface area contributed by atoms with Gasteiger partial charge in [-0.25, -0.2) is 9.78 Å². The van der Waals surface area contributed by atoms with E-state index in [1.165, 1.54) is 12.3 Å². The zero-order chi connectivity index (χ0) is 13.3. The Hall–Kier alpha value is -2.05. The molecule has 2 rings (SSSR count). The number of aromatic nitrogens is 2. The van der Waals surface area contributed by atoms with Gasteiger partial charge in [-0.15, -0.1) is 0 Å². The number of fused-ring (bicyclic) bond motifs is 1. The van der Waals surface area contributed by atoms with Crippen molar-refractivity contribution in [3.05, 3.63) is 29.7 Å². The summed E-state index contributed by atoms with van der Waals surface area (Å²) in [7, 11) is 0. The van der Waals surface area contributed by atoms with Crippen molar-refractivity contribution in [1.82, 2.24) is 9.97 Å². The van der Waals surface area contributed by atoms with E-state index in [1.807, 2.05) is 0 Å². The van der Waals surface area contributed by atoms with Crippen LogP contribution < -0.4 is 0 Å². The van der Waals surface area contributed by atoms with Gasteiger partial charge >= 0.3 is 12.1 Å². The Morgan fingerprint density at radius 3 is 2.83 bits per heavy atom. The summed E-state index contributed by atoms with van der Waals surface area (Å²) >= 11 is 0. The summed E-state index contributed by atoms with van der Waals surface area (Å²) in [6, 6.07) is 2.32. The molecule has 7 heteroatoms. The van der Waals surface area contributed by atoms with Crippen molar-refractivity contribution in [1.29, 1.82) is 0 Å². The number of H-pyrrole nitrogens is 1. The maximum Gasteiger partial charge on any atom is 0.433 e. The fourth-order valence-corrected chi connectivity index (χ4v) is 1.56. The Labute approximate surface area is 99.8 Å². The lowest BCUT2D eigenvalue weighted by Crippen LogP contribution is -2.14. The average molecular weight is 258 g/mol. The number of carbonyl (C=O) groups is 1. The minimum atomic E-state index is -4.60.